The van der Waals surface area contributed by atoms with E-state index in [-0.39, 0.29) is 0 Å². The van der Waals surface area contributed by atoms with Crippen LogP contribution in [0.25, 0.3) is 0 Å². The van der Waals surface area contributed by atoms with Crippen LogP contribution in [-0.2, 0) is 10.3 Å². The van der Waals surface area contributed by atoms with Gasteiger partial charge >= 0.3 is 12.1 Å². The van der Waals surface area contributed by atoms with Crippen molar-refractivity contribution >= 4 is 5.91 Å². The van der Waals surface area contributed by atoms with Gasteiger partial charge in [0.1, 0.15) is 5.82 Å². The molecule has 0 radical (unpaired) electrons. The number of carbonyl (C=O) groups excluding carboxylic acids is 1. The second kappa shape index (κ2) is 4.35. The summed E-state index contributed by atoms with van der Waals surface area (Å²) in [5.41, 5.74) is -0.836. The van der Waals surface area contributed by atoms with Crippen molar-refractivity contribution in [1.82, 2.24) is 5.32 Å². The van der Waals surface area contributed by atoms with Gasteiger partial charge in [-0.25, -0.2) is 4.39 Å². The van der Waals surface area contributed by atoms with E-state index < -0.39 is 23.4 Å². The molecular weight excluding hydrogens is 238 g/mol. The Hall–Kier alpha value is -1.59. The molecule has 0 saturated carbocycles. The minimum Gasteiger partial charge on any atom is -0.339 e. The van der Waals surface area contributed by atoms with Crippen molar-refractivity contribution in [2.45, 2.75) is 25.6 Å². The lowest BCUT2D eigenvalue weighted by atomic mass is 9.94. The van der Waals surface area contributed by atoms with Crippen LogP contribution in [0.1, 0.15) is 19.4 Å². The van der Waals surface area contributed by atoms with Crippen LogP contribution >= 0.6 is 0 Å². The molecule has 0 bridgehead atoms. The van der Waals surface area contributed by atoms with Crippen molar-refractivity contribution in [2.24, 2.45) is 0 Å². The van der Waals surface area contributed by atoms with Crippen molar-refractivity contribution in [3.8, 4) is 0 Å². The van der Waals surface area contributed by atoms with Gasteiger partial charge in [-0.15, -0.1) is 0 Å². The average Bonchev–Trinajstić information content (AvgIpc) is 2.16. The Morgan fingerprint density at radius 3 is 2.00 bits per heavy atom. The van der Waals surface area contributed by atoms with E-state index in [0.717, 1.165) is 12.1 Å². The fraction of sp³-hybridized carbons (Fsp3) is 0.364. The molecule has 1 aromatic rings. The first-order valence-corrected chi connectivity index (χ1v) is 4.78. The first-order valence-electron chi connectivity index (χ1n) is 4.78. The van der Waals surface area contributed by atoms with Gasteiger partial charge in [-0.1, -0.05) is 12.1 Å². The summed E-state index contributed by atoms with van der Waals surface area (Å²) >= 11 is 0. The third-order valence-electron chi connectivity index (χ3n) is 2.25. The summed E-state index contributed by atoms with van der Waals surface area (Å²) in [7, 11) is 0. The smallest absolute Gasteiger partial charge is 0.339 e. The van der Waals surface area contributed by atoms with Gasteiger partial charge in [-0.05, 0) is 31.5 Å². The Balaban J connectivity index is 2.89. The van der Waals surface area contributed by atoms with Crippen LogP contribution in [-0.4, -0.2) is 12.1 Å². The maximum Gasteiger partial charge on any atom is 0.471 e. The van der Waals surface area contributed by atoms with E-state index in [9.17, 15) is 22.4 Å². The third-order valence-corrected chi connectivity index (χ3v) is 2.25. The Morgan fingerprint density at radius 1 is 1.12 bits per heavy atom. The van der Waals surface area contributed by atoms with E-state index in [0.29, 0.717) is 5.56 Å². The molecule has 1 amide bonds. The van der Waals surface area contributed by atoms with Gasteiger partial charge in [0, 0.05) is 0 Å². The molecule has 0 fully saturated rings. The quantitative estimate of drug-likeness (QED) is 0.802. The summed E-state index contributed by atoms with van der Waals surface area (Å²) in [6.45, 7) is 2.81. The van der Waals surface area contributed by atoms with Crippen LogP contribution in [0, 0.1) is 5.82 Å². The zero-order valence-corrected chi connectivity index (χ0v) is 9.23. The minimum atomic E-state index is -4.93. The van der Waals surface area contributed by atoms with Gasteiger partial charge in [0.25, 0.3) is 0 Å². The Kier molecular flexibility index (Phi) is 3.45. The topological polar surface area (TPSA) is 29.1 Å². The number of rotatable bonds is 2. The number of alkyl halides is 3. The summed E-state index contributed by atoms with van der Waals surface area (Å²) in [6.07, 6.45) is -4.93. The minimum absolute atomic E-state index is 0.386. The largest absolute Gasteiger partial charge is 0.471 e. The number of carbonyl (C=O) groups is 1. The highest BCUT2D eigenvalue weighted by Gasteiger charge is 2.41. The molecule has 0 aromatic heterocycles. The van der Waals surface area contributed by atoms with Crippen molar-refractivity contribution in [1.29, 1.82) is 0 Å². The van der Waals surface area contributed by atoms with Crippen molar-refractivity contribution in [3.05, 3.63) is 35.6 Å². The molecule has 1 rings (SSSR count). The van der Waals surface area contributed by atoms with Crippen LogP contribution in [0.2, 0.25) is 0 Å². The molecule has 0 heterocycles. The summed E-state index contributed by atoms with van der Waals surface area (Å²) in [6, 6.07) is 4.89. The van der Waals surface area contributed by atoms with E-state index in [1.165, 1.54) is 26.0 Å². The Labute approximate surface area is 95.6 Å². The molecule has 0 aliphatic carbocycles. The van der Waals surface area contributed by atoms with Crippen LogP contribution in [0.3, 0.4) is 0 Å². The highest BCUT2D eigenvalue weighted by atomic mass is 19.4. The number of hydrogen-bond donors (Lipinski definition) is 1. The van der Waals surface area contributed by atoms with Crippen molar-refractivity contribution in [2.75, 3.05) is 0 Å². The van der Waals surface area contributed by atoms with Gasteiger partial charge in [-0.2, -0.15) is 13.2 Å². The molecule has 17 heavy (non-hydrogen) atoms. The van der Waals surface area contributed by atoms with E-state index in [1.807, 2.05) is 5.32 Å². The van der Waals surface area contributed by atoms with E-state index in [1.54, 1.807) is 0 Å². The molecule has 6 heteroatoms. The van der Waals surface area contributed by atoms with Crippen LogP contribution < -0.4 is 5.32 Å². The number of hydrogen-bond acceptors (Lipinski definition) is 1. The predicted molar refractivity (Wildman–Crippen MR) is 53.6 cm³/mol. The molecule has 1 N–H and O–H groups in total. The van der Waals surface area contributed by atoms with Gasteiger partial charge < -0.3 is 5.32 Å². The molecule has 0 spiro atoms. The summed E-state index contributed by atoms with van der Waals surface area (Å²) in [5.74, 6) is -2.52. The lowest BCUT2D eigenvalue weighted by Crippen LogP contribution is -2.47. The van der Waals surface area contributed by atoms with Gasteiger partial charge in [-0.3, -0.25) is 4.79 Å². The van der Waals surface area contributed by atoms with Crippen LogP contribution in [0.15, 0.2) is 24.3 Å². The third kappa shape index (κ3) is 3.44. The normalized spacial score (nSPS) is 12.4. The summed E-state index contributed by atoms with van der Waals surface area (Å²) in [5, 5.41) is 1.85. The van der Waals surface area contributed by atoms with Gasteiger partial charge in [0.15, 0.2) is 0 Å². The summed E-state index contributed by atoms with van der Waals surface area (Å²) < 4.78 is 48.9. The molecule has 1 aromatic carbocycles. The molecule has 0 saturated heterocycles. The van der Waals surface area contributed by atoms with Crippen molar-refractivity contribution < 1.29 is 22.4 Å². The van der Waals surface area contributed by atoms with E-state index in [2.05, 4.69) is 0 Å². The van der Waals surface area contributed by atoms with Crippen LogP contribution in [0.5, 0.6) is 0 Å². The van der Waals surface area contributed by atoms with Crippen molar-refractivity contribution in [3.63, 3.8) is 0 Å². The SMILES string of the molecule is CC(C)(NC(=O)C(F)(F)F)c1ccc(F)cc1. The Bertz CT molecular complexity index is 408. The molecule has 2 nitrogen and oxygen atoms in total. The molecule has 0 aliphatic heterocycles. The first-order chi connectivity index (χ1) is 7.63. The highest BCUT2D eigenvalue weighted by molar-refractivity contribution is 5.82. The zero-order chi connectivity index (χ0) is 13.3. The molecular formula is C11H11F4NO. The fourth-order valence-electron chi connectivity index (χ4n) is 1.29. The molecule has 0 unspecified atom stereocenters. The standard InChI is InChI=1S/C11H11F4NO/c1-10(2,16-9(17)11(13,14)15)7-3-5-8(12)6-4-7/h3-6H,1-2H3,(H,16,17). The lowest BCUT2D eigenvalue weighted by molar-refractivity contribution is -0.175. The highest BCUT2D eigenvalue weighted by Crippen LogP contribution is 2.23. The zero-order valence-electron chi connectivity index (χ0n) is 9.23. The number of nitrogens with one attached hydrogen (secondary N) is 1. The lowest BCUT2D eigenvalue weighted by Gasteiger charge is -2.27. The predicted octanol–water partition coefficient (Wildman–Crippen LogP) is 2.74. The van der Waals surface area contributed by atoms with Crippen LogP contribution in [0.4, 0.5) is 17.6 Å². The number of amides is 1. The van der Waals surface area contributed by atoms with Gasteiger partial charge in [0.2, 0.25) is 0 Å². The number of benzene rings is 1. The second-order valence-electron chi connectivity index (χ2n) is 4.08. The maximum atomic E-state index is 12.7. The maximum absolute atomic E-state index is 12.7. The Morgan fingerprint density at radius 2 is 1.59 bits per heavy atom. The molecule has 0 aliphatic rings. The first kappa shape index (κ1) is 13.5. The molecule has 0 atom stereocenters. The van der Waals surface area contributed by atoms with Gasteiger partial charge in [0.05, 0.1) is 5.54 Å². The monoisotopic (exact) mass is 249 g/mol. The summed E-state index contributed by atoms with van der Waals surface area (Å²) in [4.78, 5) is 10.8. The number of halogens is 4. The second-order valence-corrected chi connectivity index (χ2v) is 4.08. The molecule has 94 valence electrons. The fourth-order valence-corrected chi connectivity index (χ4v) is 1.29. The average molecular weight is 249 g/mol. The van der Waals surface area contributed by atoms with E-state index in [4.69, 9.17) is 0 Å². The van der Waals surface area contributed by atoms with E-state index >= 15 is 0 Å².